The summed E-state index contributed by atoms with van der Waals surface area (Å²) in [5, 5.41) is 0. The van der Waals surface area contributed by atoms with Gasteiger partial charge in [-0.2, -0.15) is 0 Å². The van der Waals surface area contributed by atoms with Crippen molar-refractivity contribution < 1.29 is 0 Å². The van der Waals surface area contributed by atoms with Gasteiger partial charge < -0.3 is 0 Å². The fourth-order valence-corrected chi connectivity index (χ4v) is 1.43. The van der Waals surface area contributed by atoms with Gasteiger partial charge in [-0.3, -0.25) is 0 Å². The SMILES string of the molecule is ClCCC=Cc1ccccc1Br. The van der Waals surface area contributed by atoms with E-state index in [1.165, 1.54) is 5.56 Å². The van der Waals surface area contributed by atoms with Gasteiger partial charge in [0, 0.05) is 10.4 Å². The number of benzene rings is 1. The molecule has 1 aromatic rings. The molecule has 12 heavy (non-hydrogen) atoms. The van der Waals surface area contributed by atoms with Gasteiger partial charge in [-0.25, -0.2) is 0 Å². The molecular weight excluding hydrogens is 235 g/mol. The first-order valence-corrected chi connectivity index (χ1v) is 5.14. The molecular formula is C10H10BrCl. The molecule has 0 aliphatic rings. The Labute approximate surface area is 86.4 Å². The zero-order valence-electron chi connectivity index (χ0n) is 6.63. The molecule has 0 aliphatic carbocycles. The third kappa shape index (κ3) is 3.00. The van der Waals surface area contributed by atoms with E-state index in [4.69, 9.17) is 11.6 Å². The van der Waals surface area contributed by atoms with Crippen molar-refractivity contribution in [3.63, 3.8) is 0 Å². The number of alkyl halides is 1. The maximum Gasteiger partial charge on any atom is 0.0258 e. The van der Waals surface area contributed by atoms with Gasteiger partial charge in [-0.1, -0.05) is 46.3 Å². The maximum absolute atomic E-state index is 5.54. The van der Waals surface area contributed by atoms with Crippen LogP contribution in [-0.4, -0.2) is 5.88 Å². The first-order chi connectivity index (χ1) is 5.84. The van der Waals surface area contributed by atoms with E-state index in [1.807, 2.05) is 18.2 Å². The zero-order chi connectivity index (χ0) is 8.81. The van der Waals surface area contributed by atoms with Gasteiger partial charge in [0.05, 0.1) is 0 Å². The molecule has 0 saturated heterocycles. The van der Waals surface area contributed by atoms with E-state index in [9.17, 15) is 0 Å². The quantitative estimate of drug-likeness (QED) is 0.704. The van der Waals surface area contributed by atoms with Gasteiger partial charge >= 0.3 is 0 Å². The topological polar surface area (TPSA) is 0 Å². The van der Waals surface area contributed by atoms with Crippen LogP contribution in [-0.2, 0) is 0 Å². The van der Waals surface area contributed by atoms with Crippen molar-refractivity contribution in [3.05, 3.63) is 40.4 Å². The van der Waals surface area contributed by atoms with Gasteiger partial charge in [0.25, 0.3) is 0 Å². The van der Waals surface area contributed by atoms with Crippen molar-refractivity contribution in [2.75, 3.05) is 5.88 Å². The van der Waals surface area contributed by atoms with Crippen molar-refractivity contribution in [2.45, 2.75) is 6.42 Å². The monoisotopic (exact) mass is 244 g/mol. The first-order valence-electron chi connectivity index (χ1n) is 3.81. The lowest BCUT2D eigenvalue weighted by Gasteiger charge is -1.95. The van der Waals surface area contributed by atoms with Crippen LogP contribution in [0.15, 0.2) is 34.8 Å². The molecule has 0 bridgehead atoms. The van der Waals surface area contributed by atoms with Gasteiger partial charge in [-0.15, -0.1) is 11.6 Å². The van der Waals surface area contributed by atoms with Crippen molar-refractivity contribution in [1.29, 1.82) is 0 Å². The zero-order valence-corrected chi connectivity index (χ0v) is 8.98. The molecule has 0 nitrogen and oxygen atoms in total. The molecule has 0 N–H and O–H groups in total. The van der Waals surface area contributed by atoms with Crippen LogP contribution < -0.4 is 0 Å². The van der Waals surface area contributed by atoms with Crippen LogP contribution in [0, 0.1) is 0 Å². The molecule has 0 aliphatic heterocycles. The fraction of sp³-hybridized carbons (Fsp3) is 0.200. The Morgan fingerprint density at radius 3 is 2.75 bits per heavy atom. The van der Waals surface area contributed by atoms with Crippen LogP contribution in [0.5, 0.6) is 0 Å². The predicted molar refractivity (Wildman–Crippen MR) is 58.5 cm³/mol. The smallest absolute Gasteiger partial charge is 0.0258 e. The Morgan fingerprint density at radius 1 is 1.33 bits per heavy atom. The molecule has 1 aromatic carbocycles. The largest absolute Gasteiger partial charge is 0.126 e. The highest BCUT2D eigenvalue weighted by Gasteiger charge is 1.91. The summed E-state index contributed by atoms with van der Waals surface area (Å²) in [6.07, 6.45) is 5.07. The maximum atomic E-state index is 5.54. The van der Waals surface area contributed by atoms with Gasteiger partial charge in [0.2, 0.25) is 0 Å². The van der Waals surface area contributed by atoms with E-state index in [-0.39, 0.29) is 0 Å². The highest BCUT2D eigenvalue weighted by molar-refractivity contribution is 9.10. The molecule has 0 heterocycles. The Balaban J connectivity index is 2.68. The number of hydrogen-bond acceptors (Lipinski definition) is 0. The van der Waals surface area contributed by atoms with Crippen LogP contribution in [0.3, 0.4) is 0 Å². The van der Waals surface area contributed by atoms with Crippen LogP contribution >= 0.6 is 27.5 Å². The molecule has 0 radical (unpaired) electrons. The summed E-state index contributed by atoms with van der Waals surface area (Å²) < 4.78 is 1.12. The second-order valence-corrected chi connectivity index (χ2v) is 3.63. The summed E-state index contributed by atoms with van der Waals surface area (Å²) in [6.45, 7) is 0. The van der Waals surface area contributed by atoms with E-state index in [0.29, 0.717) is 5.88 Å². The third-order valence-corrected chi connectivity index (χ3v) is 2.42. The number of allylic oxidation sites excluding steroid dienone is 1. The minimum atomic E-state index is 0.682. The van der Waals surface area contributed by atoms with Gasteiger partial charge in [0.1, 0.15) is 0 Å². The van der Waals surface area contributed by atoms with Gasteiger partial charge in [-0.05, 0) is 18.1 Å². The predicted octanol–water partition coefficient (Wildman–Crippen LogP) is 4.09. The Morgan fingerprint density at radius 2 is 2.08 bits per heavy atom. The molecule has 0 saturated carbocycles. The number of hydrogen-bond donors (Lipinski definition) is 0. The Bertz CT molecular complexity index is 268. The molecule has 2 heteroatoms. The highest BCUT2D eigenvalue weighted by atomic mass is 79.9. The Kier molecular flexibility index (Phi) is 4.41. The van der Waals surface area contributed by atoms with E-state index < -0.39 is 0 Å². The lowest BCUT2D eigenvalue weighted by Crippen LogP contribution is -1.73. The average molecular weight is 246 g/mol. The van der Waals surface area contributed by atoms with E-state index in [1.54, 1.807) is 0 Å². The van der Waals surface area contributed by atoms with Crippen molar-refractivity contribution in [3.8, 4) is 0 Å². The van der Waals surface area contributed by atoms with Crippen molar-refractivity contribution >= 4 is 33.6 Å². The summed E-state index contributed by atoms with van der Waals surface area (Å²) in [7, 11) is 0. The lowest BCUT2D eigenvalue weighted by atomic mass is 10.2. The lowest BCUT2D eigenvalue weighted by molar-refractivity contribution is 1.24. The highest BCUT2D eigenvalue weighted by Crippen LogP contribution is 2.17. The van der Waals surface area contributed by atoms with E-state index in [0.717, 1.165) is 10.9 Å². The van der Waals surface area contributed by atoms with E-state index >= 15 is 0 Å². The molecule has 64 valence electrons. The van der Waals surface area contributed by atoms with Crippen LogP contribution in [0.1, 0.15) is 12.0 Å². The van der Waals surface area contributed by atoms with Crippen LogP contribution in [0.2, 0.25) is 0 Å². The summed E-state index contributed by atoms with van der Waals surface area (Å²) >= 11 is 9.01. The summed E-state index contributed by atoms with van der Waals surface area (Å²) in [5.41, 5.74) is 1.20. The average Bonchev–Trinajstić information content (AvgIpc) is 2.09. The number of halogens is 2. The summed E-state index contributed by atoms with van der Waals surface area (Å²) in [6, 6.07) is 8.11. The van der Waals surface area contributed by atoms with Crippen molar-refractivity contribution in [1.82, 2.24) is 0 Å². The minimum absolute atomic E-state index is 0.682. The standard InChI is InChI=1S/C10H10BrCl/c11-10-7-2-1-5-9(10)6-3-4-8-12/h1-3,5-7H,4,8H2. The van der Waals surface area contributed by atoms with Crippen molar-refractivity contribution in [2.24, 2.45) is 0 Å². The molecule has 0 spiro atoms. The molecule has 0 atom stereocenters. The fourth-order valence-electron chi connectivity index (χ4n) is 0.884. The third-order valence-electron chi connectivity index (χ3n) is 1.48. The second kappa shape index (κ2) is 5.39. The van der Waals surface area contributed by atoms with Crippen LogP contribution in [0.25, 0.3) is 6.08 Å². The summed E-state index contributed by atoms with van der Waals surface area (Å²) in [4.78, 5) is 0. The van der Waals surface area contributed by atoms with Gasteiger partial charge in [0.15, 0.2) is 0 Å². The van der Waals surface area contributed by atoms with Crippen LogP contribution in [0.4, 0.5) is 0 Å². The number of rotatable bonds is 3. The normalized spacial score (nSPS) is 10.8. The molecule has 0 aromatic heterocycles. The Hall–Kier alpha value is -0.270. The summed E-state index contributed by atoms with van der Waals surface area (Å²) in [5.74, 6) is 0.682. The first kappa shape index (κ1) is 9.82. The second-order valence-electron chi connectivity index (χ2n) is 2.40. The van der Waals surface area contributed by atoms with E-state index in [2.05, 4.69) is 34.1 Å². The molecule has 0 unspecified atom stereocenters. The molecule has 0 amide bonds. The molecule has 0 fully saturated rings. The minimum Gasteiger partial charge on any atom is -0.126 e. The molecule has 1 rings (SSSR count).